The average molecular weight is 475 g/mol. The van der Waals surface area contributed by atoms with Crippen molar-refractivity contribution in [3.05, 3.63) is 90.3 Å². The molecule has 1 aromatic heterocycles. The molecule has 0 unspecified atom stereocenters. The molecule has 0 aliphatic rings. The van der Waals surface area contributed by atoms with E-state index in [1.54, 1.807) is 0 Å². The van der Waals surface area contributed by atoms with Crippen LogP contribution in [0.3, 0.4) is 0 Å². The van der Waals surface area contributed by atoms with E-state index in [4.69, 9.17) is 9.47 Å². The van der Waals surface area contributed by atoms with E-state index < -0.39 is 0 Å². The van der Waals surface area contributed by atoms with Gasteiger partial charge in [-0.25, -0.2) is 0 Å². The van der Waals surface area contributed by atoms with Crippen molar-refractivity contribution in [2.24, 2.45) is 0 Å². The molecule has 0 spiro atoms. The molecular formula is C26H26N4O3S. The van der Waals surface area contributed by atoms with Crippen LogP contribution in [0.4, 0.5) is 5.69 Å². The predicted molar refractivity (Wildman–Crippen MR) is 134 cm³/mol. The molecular weight excluding hydrogens is 448 g/mol. The molecule has 4 rings (SSSR count). The zero-order valence-corrected chi connectivity index (χ0v) is 19.9. The summed E-state index contributed by atoms with van der Waals surface area (Å²) in [6.45, 7) is 4.71. The molecule has 34 heavy (non-hydrogen) atoms. The fourth-order valence-electron chi connectivity index (χ4n) is 3.27. The zero-order valence-electron chi connectivity index (χ0n) is 19.1. The molecule has 0 radical (unpaired) electrons. The summed E-state index contributed by atoms with van der Waals surface area (Å²) in [7, 11) is 0. The first-order valence-corrected chi connectivity index (χ1v) is 12.0. The van der Waals surface area contributed by atoms with Gasteiger partial charge < -0.3 is 14.8 Å². The Bertz CT molecular complexity index is 1230. The van der Waals surface area contributed by atoms with Crippen LogP contribution in [0.5, 0.6) is 11.5 Å². The van der Waals surface area contributed by atoms with Gasteiger partial charge in [-0.15, -0.1) is 10.2 Å². The van der Waals surface area contributed by atoms with Gasteiger partial charge in [-0.05, 0) is 50.2 Å². The summed E-state index contributed by atoms with van der Waals surface area (Å²) in [5.41, 5.74) is 2.71. The number of thioether (sulfide) groups is 1. The summed E-state index contributed by atoms with van der Waals surface area (Å²) < 4.78 is 13.4. The van der Waals surface area contributed by atoms with Crippen molar-refractivity contribution in [1.82, 2.24) is 14.8 Å². The fourth-order valence-corrected chi connectivity index (χ4v) is 4.04. The molecule has 174 valence electrons. The predicted octanol–water partition coefficient (Wildman–Crippen LogP) is 5.28. The number of rotatable bonds is 10. The molecule has 7 nitrogen and oxygen atoms in total. The summed E-state index contributed by atoms with van der Waals surface area (Å²) in [6, 6.07) is 25.0. The number of para-hydroxylation sites is 3. The maximum absolute atomic E-state index is 12.7. The summed E-state index contributed by atoms with van der Waals surface area (Å²) in [4.78, 5) is 12.7. The van der Waals surface area contributed by atoms with Crippen LogP contribution in [-0.4, -0.2) is 33.0 Å². The van der Waals surface area contributed by atoms with Gasteiger partial charge in [0.2, 0.25) is 5.91 Å². The number of carbonyl (C=O) groups excluding carboxylic acids is 1. The lowest BCUT2D eigenvalue weighted by atomic mass is 10.2. The third-order valence-corrected chi connectivity index (χ3v) is 5.83. The topological polar surface area (TPSA) is 78.3 Å². The van der Waals surface area contributed by atoms with E-state index in [0.717, 1.165) is 11.4 Å². The smallest absolute Gasteiger partial charge is 0.234 e. The Hall–Kier alpha value is -3.78. The van der Waals surface area contributed by atoms with Crippen molar-refractivity contribution < 1.29 is 14.3 Å². The average Bonchev–Trinajstić information content (AvgIpc) is 3.27. The maximum Gasteiger partial charge on any atom is 0.234 e. The molecule has 0 saturated heterocycles. The molecule has 0 bridgehead atoms. The maximum atomic E-state index is 12.7. The van der Waals surface area contributed by atoms with Crippen molar-refractivity contribution in [2.45, 2.75) is 25.6 Å². The minimum absolute atomic E-state index is 0.155. The highest BCUT2D eigenvalue weighted by molar-refractivity contribution is 7.99. The van der Waals surface area contributed by atoms with Crippen LogP contribution in [-0.2, 0) is 11.4 Å². The van der Waals surface area contributed by atoms with E-state index in [2.05, 4.69) is 15.5 Å². The third-order valence-electron chi connectivity index (χ3n) is 4.90. The number of amides is 1. The molecule has 0 aliphatic carbocycles. The number of nitrogens with one attached hydrogen (secondary N) is 1. The van der Waals surface area contributed by atoms with Crippen molar-refractivity contribution >= 4 is 23.4 Å². The Balaban J connectivity index is 1.48. The van der Waals surface area contributed by atoms with Gasteiger partial charge in [0.15, 0.2) is 11.0 Å². The second-order valence-corrected chi connectivity index (χ2v) is 8.38. The second kappa shape index (κ2) is 11.4. The number of aromatic nitrogens is 3. The highest BCUT2D eigenvalue weighted by atomic mass is 32.2. The van der Waals surface area contributed by atoms with Crippen LogP contribution in [0, 0.1) is 6.92 Å². The number of nitrogens with zero attached hydrogens (tertiary/aromatic N) is 3. The van der Waals surface area contributed by atoms with Crippen LogP contribution in [0.15, 0.2) is 84.0 Å². The molecule has 4 aromatic rings. The number of hydrogen-bond acceptors (Lipinski definition) is 6. The first kappa shape index (κ1) is 23.4. The molecule has 0 fully saturated rings. The number of hydrogen-bond donors (Lipinski definition) is 1. The number of anilines is 1. The van der Waals surface area contributed by atoms with Crippen LogP contribution in [0.1, 0.15) is 18.3 Å². The van der Waals surface area contributed by atoms with Gasteiger partial charge in [0.25, 0.3) is 0 Å². The normalized spacial score (nSPS) is 10.6. The standard InChI is InChI=1S/C26H26N4O3S/c1-3-32-23-12-8-7-11-22(23)27-25(31)18-34-26-29-28-24(30(26)20-9-5-4-6-10-20)17-33-21-15-13-19(2)14-16-21/h4-16H,3,17-18H2,1-2H3,(H,27,31). The minimum Gasteiger partial charge on any atom is -0.492 e. The molecule has 3 aromatic carbocycles. The highest BCUT2D eigenvalue weighted by Crippen LogP contribution is 2.26. The van der Waals surface area contributed by atoms with E-state index in [-0.39, 0.29) is 18.3 Å². The molecule has 0 atom stereocenters. The Kier molecular flexibility index (Phi) is 7.83. The van der Waals surface area contributed by atoms with Crippen molar-refractivity contribution in [3.8, 4) is 17.2 Å². The second-order valence-electron chi connectivity index (χ2n) is 7.44. The van der Waals surface area contributed by atoms with Crippen LogP contribution >= 0.6 is 11.8 Å². The molecule has 1 amide bonds. The zero-order chi connectivity index (χ0) is 23.8. The third kappa shape index (κ3) is 5.96. The van der Waals surface area contributed by atoms with E-state index in [1.807, 2.05) is 97.3 Å². The summed E-state index contributed by atoms with van der Waals surface area (Å²) >= 11 is 1.31. The van der Waals surface area contributed by atoms with E-state index >= 15 is 0 Å². The lowest BCUT2D eigenvalue weighted by Gasteiger charge is -2.12. The minimum atomic E-state index is -0.155. The highest BCUT2D eigenvalue weighted by Gasteiger charge is 2.17. The van der Waals surface area contributed by atoms with Crippen molar-refractivity contribution in [1.29, 1.82) is 0 Å². The largest absolute Gasteiger partial charge is 0.492 e. The fraction of sp³-hybridized carbons (Fsp3) is 0.192. The Labute approximate surface area is 203 Å². The van der Waals surface area contributed by atoms with Crippen LogP contribution < -0.4 is 14.8 Å². The van der Waals surface area contributed by atoms with E-state index in [0.29, 0.717) is 29.0 Å². The lowest BCUT2D eigenvalue weighted by Crippen LogP contribution is -2.15. The van der Waals surface area contributed by atoms with Crippen molar-refractivity contribution in [3.63, 3.8) is 0 Å². The van der Waals surface area contributed by atoms with Crippen LogP contribution in [0.25, 0.3) is 5.69 Å². The number of aryl methyl sites for hydroxylation is 1. The lowest BCUT2D eigenvalue weighted by molar-refractivity contribution is -0.113. The molecule has 1 N–H and O–H groups in total. The first-order chi connectivity index (χ1) is 16.6. The van der Waals surface area contributed by atoms with E-state index in [9.17, 15) is 4.79 Å². The van der Waals surface area contributed by atoms with Crippen LogP contribution in [0.2, 0.25) is 0 Å². The number of carbonyl (C=O) groups is 1. The first-order valence-electron chi connectivity index (χ1n) is 11.0. The summed E-state index contributed by atoms with van der Waals surface area (Å²) in [5, 5.41) is 12.2. The van der Waals surface area contributed by atoms with Gasteiger partial charge in [-0.3, -0.25) is 9.36 Å². The van der Waals surface area contributed by atoms with E-state index in [1.165, 1.54) is 17.3 Å². The van der Waals surface area contributed by atoms with Crippen molar-refractivity contribution in [2.75, 3.05) is 17.7 Å². The monoisotopic (exact) mass is 474 g/mol. The SMILES string of the molecule is CCOc1ccccc1NC(=O)CSc1nnc(COc2ccc(C)cc2)n1-c1ccccc1. The Morgan fingerprint density at radius 2 is 1.68 bits per heavy atom. The Morgan fingerprint density at radius 3 is 2.44 bits per heavy atom. The van der Waals surface area contributed by atoms with Gasteiger partial charge in [0, 0.05) is 5.69 Å². The molecule has 0 saturated carbocycles. The molecule has 8 heteroatoms. The van der Waals surface area contributed by atoms with Gasteiger partial charge in [0.05, 0.1) is 18.0 Å². The van der Waals surface area contributed by atoms with Gasteiger partial charge >= 0.3 is 0 Å². The van der Waals surface area contributed by atoms with Gasteiger partial charge in [-0.2, -0.15) is 0 Å². The summed E-state index contributed by atoms with van der Waals surface area (Å²) in [5.74, 6) is 2.07. The van der Waals surface area contributed by atoms with Gasteiger partial charge in [-0.1, -0.05) is 59.8 Å². The number of benzene rings is 3. The summed E-state index contributed by atoms with van der Waals surface area (Å²) in [6.07, 6.45) is 0. The quantitative estimate of drug-likeness (QED) is 0.315. The number of ether oxygens (including phenoxy) is 2. The Morgan fingerprint density at radius 1 is 0.941 bits per heavy atom. The van der Waals surface area contributed by atoms with Gasteiger partial charge in [0.1, 0.15) is 18.1 Å². The molecule has 0 aliphatic heterocycles. The molecule has 1 heterocycles.